The second kappa shape index (κ2) is 5.88. The van der Waals surface area contributed by atoms with Crippen molar-refractivity contribution in [2.45, 2.75) is 38.1 Å². The summed E-state index contributed by atoms with van der Waals surface area (Å²) >= 11 is 1.79. The van der Waals surface area contributed by atoms with Crippen LogP contribution in [-0.2, 0) is 0 Å². The van der Waals surface area contributed by atoms with Crippen LogP contribution in [0.25, 0.3) is 10.1 Å². The van der Waals surface area contributed by atoms with Crippen LogP contribution in [-0.4, -0.2) is 24.1 Å². The molecular weight excluding hydrogens is 254 g/mol. The number of hydrogen-bond acceptors (Lipinski definition) is 4. The summed E-state index contributed by atoms with van der Waals surface area (Å²) in [6.07, 6.45) is 8.55. The molecule has 0 aliphatic heterocycles. The number of nitrogens with two attached hydrogens (primary N) is 1. The summed E-state index contributed by atoms with van der Waals surface area (Å²) in [6, 6.07) is 4.91. The van der Waals surface area contributed by atoms with Crippen LogP contribution in [0.2, 0.25) is 0 Å². The van der Waals surface area contributed by atoms with E-state index in [0.717, 1.165) is 12.4 Å². The van der Waals surface area contributed by atoms with Gasteiger partial charge in [0.1, 0.15) is 5.82 Å². The van der Waals surface area contributed by atoms with Crippen molar-refractivity contribution < 1.29 is 0 Å². The average molecular weight is 275 g/mol. The Kier molecular flexibility index (Phi) is 3.99. The topological polar surface area (TPSA) is 42.1 Å². The first-order valence-corrected chi connectivity index (χ1v) is 8.07. The predicted molar refractivity (Wildman–Crippen MR) is 82.9 cm³/mol. The lowest BCUT2D eigenvalue weighted by Crippen LogP contribution is -2.40. The maximum absolute atomic E-state index is 5.83. The summed E-state index contributed by atoms with van der Waals surface area (Å²) in [6.45, 7) is 1.60. The van der Waals surface area contributed by atoms with E-state index in [9.17, 15) is 0 Å². The minimum atomic E-state index is 0.621. The monoisotopic (exact) mass is 275 g/mol. The molecule has 2 aromatic rings. The zero-order chi connectivity index (χ0) is 13.1. The second-order valence-corrected chi connectivity index (χ2v) is 6.19. The molecule has 1 aliphatic rings. The van der Waals surface area contributed by atoms with Crippen LogP contribution in [0.5, 0.6) is 0 Å². The van der Waals surface area contributed by atoms with Gasteiger partial charge in [-0.2, -0.15) is 0 Å². The molecule has 0 atom stereocenters. The van der Waals surface area contributed by atoms with Crippen molar-refractivity contribution in [2.75, 3.05) is 18.0 Å². The Morgan fingerprint density at radius 1 is 1.26 bits per heavy atom. The summed E-state index contributed by atoms with van der Waals surface area (Å²) in [5, 5.41) is 3.43. The first-order chi connectivity index (χ1) is 9.40. The highest BCUT2D eigenvalue weighted by atomic mass is 32.1. The van der Waals surface area contributed by atoms with E-state index in [1.807, 2.05) is 6.20 Å². The van der Waals surface area contributed by atoms with Gasteiger partial charge in [-0.15, -0.1) is 11.3 Å². The van der Waals surface area contributed by atoms with Crippen LogP contribution >= 0.6 is 11.3 Å². The van der Waals surface area contributed by atoms with Crippen molar-refractivity contribution in [3.63, 3.8) is 0 Å². The fraction of sp³-hybridized carbons (Fsp3) is 0.533. The minimum Gasteiger partial charge on any atom is -0.352 e. The predicted octanol–water partition coefficient (Wildman–Crippen LogP) is 3.39. The number of rotatable bonds is 4. The van der Waals surface area contributed by atoms with Gasteiger partial charge in [-0.1, -0.05) is 19.3 Å². The maximum atomic E-state index is 5.83. The SMILES string of the molecule is NCCN(c1nccc2sccc12)C1CCCCC1. The summed E-state index contributed by atoms with van der Waals surface area (Å²) in [7, 11) is 0. The zero-order valence-corrected chi connectivity index (χ0v) is 12.0. The number of hydrogen-bond donors (Lipinski definition) is 1. The van der Waals surface area contributed by atoms with E-state index in [1.54, 1.807) is 11.3 Å². The van der Waals surface area contributed by atoms with E-state index >= 15 is 0 Å². The highest BCUT2D eigenvalue weighted by molar-refractivity contribution is 7.17. The molecule has 2 aromatic heterocycles. The Morgan fingerprint density at radius 3 is 2.89 bits per heavy atom. The number of nitrogens with zero attached hydrogens (tertiary/aromatic N) is 2. The standard InChI is InChI=1S/C15H21N3S/c16-8-10-18(12-4-2-1-3-5-12)15-13-7-11-19-14(13)6-9-17-15/h6-7,9,11-12H,1-5,8,10,16H2. The van der Waals surface area contributed by atoms with Gasteiger partial charge < -0.3 is 10.6 Å². The van der Waals surface area contributed by atoms with Crippen LogP contribution in [0.3, 0.4) is 0 Å². The van der Waals surface area contributed by atoms with Crippen molar-refractivity contribution in [1.82, 2.24) is 4.98 Å². The van der Waals surface area contributed by atoms with E-state index in [0.29, 0.717) is 12.6 Å². The lowest BCUT2D eigenvalue weighted by Gasteiger charge is -2.35. The fourth-order valence-electron chi connectivity index (χ4n) is 3.10. The van der Waals surface area contributed by atoms with Crippen molar-refractivity contribution in [2.24, 2.45) is 5.73 Å². The molecule has 0 aromatic carbocycles. The average Bonchev–Trinajstić information content (AvgIpc) is 2.94. The van der Waals surface area contributed by atoms with E-state index in [4.69, 9.17) is 5.73 Å². The highest BCUT2D eigenvalue weighted by Crippen LogP contribution is 2.32. The maximum Gasteiger partial charge on any atom is 0.137 e. The van der Waals surface area contributed by atoms with Crippen LogP contribution < -0.4 is 10.6 Å². The highest BCUT2D eigenvalue weighted by Gasteiger charge is 2.23. The van der Waals surface area contributed by atoms with Crippen LogP contribution in [0.4, 0.5) is 5.82 Å². The number of fused-ring (bicyclic) bond motifs is 1. The summed E-state index contributed by atoms with van der Waals surface area (Å²) < 4.78 is 1.32. The molecular formula is C15H21N3S. The smallest absolute Gasteiger partial charge is 0.137 e. The number of anilines is 1. The molecule has 1 fully saturated rings. The van der Waals surface area contributed by atoms with E-state index in [1.165, 1.54) is 42.2 Å². The Bertz CT molecular complexity index is 531. The largest absolute Gasteiger partial charge is 0.352 e. The summed E-state index contributed by atoms with van der Waals surface area (Å²) in [5.41, 5.74) is 5.83. The minimum absolute atomic E-state index is 0.621. The first kappa shape index (κ1) is 12.9. The van der Waals surface area contributed by atoms with Crippen molar-refractivity contribution >= 4 is 27.2 Å². The van der Waals surface area contributed by atoms with Crippen LogP contribution in [0.15, 0.2) is 23.7 Å². The molecule has 0 amide bonds. The zero-order valence-electron chi connectivity index (χ0n) is 11.2. The second-order valence-electron chi connectivity index (χ2n) is 5.24. The Labute approximate surface area is 118 Å². The molecule has 0 bridgehead atoms. The first-order valence-electron chi connectivity index (χ1n) is 7.19. The van der Waals surface area contributed by atoms with Crippen LogP contribution in [0.1, 0.15) is 32.1 Å². The van der Waals surface area contributed by atoms with Gasteiger partial charge in [-0.05, 0) is 30.4 Å². The number of thiophene rings is 1. The van der Waals surface area contributed by atoms with Crippen molar-refractivity contribution in [3.05, 3.63) is 23.7 Å². The number of aromatic nitrogens is 1. The Balaban J connectivity index is 1.96. The third-order valence-corrected chi connectivity index (χ3v) is 4.90. The molecule has 2 N–H and O–H groups in total. The molecule has 0 unspecified atom stereocenters. The van der Waals surface area contributed by atoms with Gasteiger partial charge in [0.2, 0.25) is 0 Å². The van der Waals surface area contributed by atoms with Crippen molar-refractivity contribution in [3.8, 4) is 0 Å². The normalized spacial score (nSPS) is 16.9. The summed E-state index contributed by atoms with van der Waals surface area (Å²) in [4.78, 5) is 7.10. The quantitative estimate of drug-likeness (QED) is 0.930. The van der Waals surface area contributed by atoms with Crippen molar-refractivity contribution in [1.29, 1.82) is 0 Å². The molecule has 3 rings (SSSR count). The lowest BCUT2D eigenvalue weighted by atomic mass is 9.94. The van der Waals surface area contributed by atoms with Gasteiger partial charge in [0.15, 0.2) is 0 Å². The Hall–Kier alpha value is -1.13. The van der Waals surface area contributed by atoms with Gasteiger partial charge in [-0.3, -0.25) is 0 Å². The molecule has 0 saturated heterocycles. The lowest BCUT2D eigenvalue weighted by molar-refractivity contribution is 0.415. The molecule has 0 spiro atoms. The van der Waals surface area contributed by atoms with Crippen LogP contribution in [0, 0.1) is 0 Å². The third kappa shape index (κ3) is 2.60. The molecule has 1 aliphatic carbocycles. The third-order valence-electron chi connectivity index (χ3n) is 4.02. The van der Waals surface area contributed by atoms with E-state index in [-0.39, 0.29) is 0 Å². The Morgan fingerprint density at radius 2 is 2.11 bits per heavy atom. The van der Waals surface area contributed by atoms with Gasteiger partial charge in [0.05, 0.1) is 0 Å². The van der Waals surface area contributed by atoms with E-state index < -0.39 is 0 Å². The van der Waals surface area contributed by atoms with Gasteiger partial charge >= 0.3 is 0 Å². The molecule has 2 heterocycles. The molecule has 3 nitrogen and oxygen atoms in total. The summed E-state index contributed by atoms with van der Waals surface area (Å²) in [5.74, 6) is 1.14. The molecule has 102 valence electrons. The molecule has 1 saturated carbocycles. The fourth-order valence-corrected chi connectivity index (χ4v) is 3.88. The van der Waals surface area contributed by atoms with Gasteiger partial charge in [0.25, 0.3) is 0 Å². The number of pyridine rings is 1. The van der Waals surface area contributed by atoms with E-state index in [2.05, 4.69) is 27.4 Å². The molecule has 0 radical (unpaired) electrons. The van der Waals surface area contributed by atoms with Gasteiger partial charge in [0, 0.05) is 35.4 Å². The molecule has 4 heteroatoms. The molecule has 19 heavy (non-hydrogen) atoms. The van der Waals surface area contributed by atoms with Gasteiger partial charge in [-0.25, -0.2) is 4.98 Å².